The Balaban J connectivity index is 1.83. The number of hydrogen-bond donors (Lipinski definition) is 1. The fraction of sp³-hybridized carbons (Fsp3) is 0.286. The summed E-state index contributed by atoms with van der Waals surface area (Å²) in [6, 6.07) is 5.63. The molecule has 110 valence electrons. The maximum atomic E-state index is 11.6. The molecule has 0 aliphatic heterocycles. The van der Waals surface area contributed by atoms with Gasteiger partial charge in [0.2, 0.25) is 5.91 Å². The highest BCUT2D eigenvalue weighted by molar-refractivity contribution is 7.13. The number of aromatic nitrogens is 2. The van der Waals surface area contributed by atoms with Gasteiger partial charge >= 0.3 is 5.97 Å². The van der Waals surface area contributed by atoms with E-state index in [1.807, 2.05) is 23.6 Å². The van der Waals surface area contributed by atoms with E-state index < -0.39 is 5.97 Å². The molecule has 0 saturated heterocycles. The van der Waals surface area contributed by atoms with Crippen LogP contribution in [-0.4, -0.2) is 29.0 Å². The zero-order valence-corrected chi connectivity index (χ0v) is 12.4. The largest absolute Gasteiger partial charge is 0.469 e. The summed E-state index contributed by atoms with van der Waals surface area (Å²) in [7, 11) is 1.30. The number of nitrogens with zero attached hydrogens (tertiary/aromatic N) is 2. The van der Waals surface area contributed by atoms with Gasteiger partial charge in [0.05, 0.1) is 31.5 Å². The van der Waals surface area contributed by atoms with Gasteiger partial charge in [-0.3, -0.25) is 14.6 Å². The third-order valence-corrected chi connectivity index (χ3v) is 3.60. The number of amides is 1. The van der Waals surface area contributed by atoms with Gasteiger partial charge in [-0.05, 0) is 12.1 Å². The smallest absolute Gasteiger partial charge is 0.306 e. The molecule has 2 heterocycles. The van der Waals surface area contributed by atoms with Crippen molar-refractivity contribution < 1.29 is 14.3 Å². The van der Waals surface area contributed by atoms with Gasteiger partial charge in [0.15, 0.2) is 0 Å². The first-order chi connectivity index (χ1) is 10.2. The van der Waals surface area contributed by atoms with E-state index in [1.165, 1.54) is 18.4 Å². The number of nitrogens with one attached hydrogen (secondary N) is 1. The summed E-state index contributed by atoms with van der Waals surface area (Å²) in [4.78, 5) is 31.1. The number of rotatable bonds is 6. The van der Waals surface area contributed by atoms with Crippen LogP contribution in [0.1, 0.15) is 18.5 Å². The van der Waals surface area contributed by atoms with Crippen molar-refractivity contribution in [3.63, 3.8) is 0 Å². The number of hydrogen-bond acceptors (Lipinski definition) is 6. The molecule has 21 heavy (non-hydrogen) atoms. The molecular formula is C14H15N3O3S. The highest BCUT2D eigenvalue weighted by Gasteiger charge is 2.09. The number of thiazole rings is 1. The molecule has 0 bridgehead atoms. The van der Waals surface area contributed by atoms with Gasteiger partial charge in [0.25, 0.3) is 0 Å². The lowest BCUT2D eigenvalue weighted by Gasteiger charge is -2.02. The van der Waals surface area contributed by atoms with Crippen LogP contribution in [0.4, 0.5) is 0 Å². The molecule has 0 atom stereocenters. The van der Waals surface area contributed by atoms with Gasteiger partial charge in [-0.15, -0.1) is 11.3 Å². The lowest BCUT2D eigenvalue weighted by molar-refractivity contribution is -0.142. The Hall–Kier alpha value is -2.28. The molecule has 1 N–H and O–H groups in total. The van der Waals surface area contributed by atoms with Gasteiger partial charge < -0.3 is 10.1 Å². The van der Waals surface area contributed by atoms with Crippen LogP contribution in [0.5, 0.6) is 0 Å². The van der Waals surface area contributed by atoms with Crippen LogP contribution in [-0.2, 0) is 20.9 Å². The van der Waals surface area contributed by atoms with Crippen molar-refractivity contribution in [3.05, 3.63) is 35.5 Å². The highest BCUT2D eigenvalue weighted by Crippen LogP contribution is 2.21. The van der Waals surface area contributed by atoms with E-state index in [-0.39, 0.29) is 18.7 Å². The summed E-state index contributed by atoms with van der Waals surface area (Å²) in [6.45, 7) is 0.337. The maximum Gasteiger partial charge on any atom is 0.306 e. The zero-order valence-electron chi connectivity index (χ0n) is 11.5. The van der Waals surface area contributed by atoms with E-state index in [1.54, 1.807) is 6.20 Å². The molecule has 0 aliphatic carbocycles. The standard InChI is InChI=1S/C14H15N3O3S/c1-20-13(19)6-5-12(18)16-8-10-9-21-14(17-10)11-4-2-3-7-15-11/h2-4,7,9H,5-6,8H2,1H3,(H,16,18). The average Bonchev–Trinajstić information content (AvgIpc) is 3.00. The van der Waals surface area contributed by atoms with Gasteiger partial charge in [-0.2, -0.15) is 0 Å². The second-order valence-electron chi connectivity index (χ2n) is 4.21. The van der Waals surface area contributed by atoms with E-state index >= 15 is 0 Å². The molecule has 0 aromatic carbocycles. The molecule has 0 saturated carbocycles. The van der Waals surface area contributed by atoms with Crippen molar-refractivity contribution in [1.82, 2.24) is 15.3 Å². The van der Waals surface area contributed by atoms with Crippen LogP contribution in [0, 0.1) is 0 Å². The third kappa shape index (κ3) is 4.64. The fourth-order valence-corrected chi connectivity index (χ4v) is 2.39. The quantitative estimate of drug-likeness (QED) is 0.823. The summed E-state index contributed by atoms with van der Waals surface area (Å²) >= 11 is 1.48. The Morgan fingerprint density at radius 2 is 2.19 bits per heavy atom. The minimum absolute atomic E-state index is 0.0819. The number of esters is 1. The summed E-state index contributed by atoms with van der Waals surface area (Å²) in [5, 5.41) is 5.41. The second kappa shape index (κ2) is 7.49. The van der Waals surface area contributed by atoms with Crippen molar-refractivity contribution in [2.24, 2.45) is 0 Å². The van der Waals surface area contributed by atoms with Crippen LogP contribution in [0.25, 0.3) is 10.7 Å². The van der Waals surface area contributed by atoms with Crippen LogP contribution in [0.15, 0.2) is 29.8 Å². The second-order valence-corrected chi connectivity index (χ2v) is 5.07. The summed E-state index contributed by atoms with van der Waals surface area (Å²) < 4.78 is 4.48. The minimum Gasteiger partial charge on any atom is -0.469 e. The molecule has 0 unspecified atom stereocenters. The SMILES string of the molecule is COC(=O)CCC(=O)NCc1csc(-c2ccccn2)n1. The number of carbonyl (C=O) groups is 2. The third-order valence-electron chi connectivity index (χ3n) is 2.69. The van der Waals surface area contributed by atoms with Crippen LogP contribution < -0.4 is 5.32 Å². The molecule has 0 fully saturated rings. The Labute approximate surface area is 126 Å². The minimum atomic E-state index is -0.392. The maximum absolute atomic E-state index is 11.6. The number of ether oxygens (including phenoxy) is 1. The zero-order chi connectivity index (χ0) is 15.1. The Kier molecular flexibility index (Phi) is 5.39. The highest BCUT2D eigenvalue weighted by atomic mass is 32.1. The molecule has 0 aliphatic rings. The molecule has 2 aromatic heterocycles. The van der Waals surface area contributed by atoms with Crippen LogP contribution in [0.2, 0.25) is 0 Å². The lowest BCUT2D eigenvalue weighted by Crippen LogP contribution is -2.23. The van der Waals surface area contributed by atoms with Crippen molar-refractivity contribution in [2.45, 2.75) is 19.4 Å². The predicted molar refractivity (Wildman–Crippen MR) is 78.4 cm³/mol. The van der Waals surface area contributed by atoms with Crippen LogP contribution in [0.3, 0.4) is 0 Å². The lowest BCUT2D eigenvalue weighted by atomic mass is 10.3. The molecule has 0 spiro atoms. The van der Waals surface area contributed by atoms with Crippen molar-refractivity contribution in [2.75, 3.05) is 7.11 Å². The predicted octanol–water partition coefficient (Wildman–Crippen LogP) is 1.77. The van der Waals surface area contributed by atoms with Gasteiger partial charge in [-0.25, -0.2) is 4.98 Å². The topological polar surface area (TPSA) is 81.2 Å². The monoisotopic (exact) mass is 305 g/mol. The molecule has 7 heteroatoms. The van der Waals surface area contributed by atoms with E-state index in [9.17, 15) is 9.59 Å². The van der Waals surface area contributed by atoms with Gasteiger partial charge in [0, 0.05) is 18.0 Å². The molecular weight excluding hydrogens is 290 g/mol. The fourth-order valence-electron chi connectivity index (χ4n) is 1.59. The number of pyridine rings is 1. The first-order valence-electron chi connectivity index (χ1n) is 6.38. The number of carbonyl (C=O) groups excluding carboxylic acids is 2. The Morgan fingerprint density at radius 3 is 2.90 bits per heavy atom. The van der Waals surface area contributed by atoms with E-state index in [2.05, 4.69) is 20.0 Å². The van der Waals surface area contributed by atoms with Crippen molar-refractivity contribution in [1.29, 1.82) is 0 Å². The van der Waals surface area contributed by atoms with E-state index in [0.717, 1.165) is 16.4 Å². The van der Waals surface area contributed by atoms with E-state index in [0.29, 0.717) is 6.54 Å². The molecule has 2 aromatic rings. The Bertz CT molecular complexity index is 613. The molecule has 2 rings (SSSR count). The Morgan fingerprint density at radius 1 is 1.33 bits per heavy atom. The number of methoxy groups -OCH3 is 1. The summed E-state index contributed by atoms with van der Waals surface area (Å²) in [6.07, 6.45) is 1.91. The molecule has 0 radical (unpaired) electrons. The van der Waals surface area contributed by atoms with Crippen LogP contribution >= 0.6 is 11.3 Å². The summed E-state index contributed by atoms with van der Waals surface area (Å²) in [5.41, 5.74) is 1.58. The summed E-state index contributed by atoms with van der Waals surface area (Å²) in [5.74, 6) is -0.593. The molecule has 1 amide bonds. The van der Waals surface area contributed by atoms with E-state index in [4.69, 9.17) is 0 Å². The normalized spacial score (nSPS) is 10.1. The van der Waals surface area contributed by atoms with Gasteiger partial charge in [-0.1, -0.05) is 6.07 Å². The van der Waals surface area contributed by atoms with Crippen molar-refractivity contribution in [3.8, 4) is 10.7 Å². The average molecular weight is 305 g/mol. The first kappa shape index (κ1) is 15.1. The van der Waals surface area contributed by atoms with Crippen molar-refractivity contribution >= 4 is 23.2 Å². The van der Waals surface area contributed by atoms with Gasteiger partial charge in [0.1, 0.15) is 5.01 Å². The first-order valence-corrected chi connectivity index (χ1v) is 7.26. The molecule has 6 nitrogen and oxygen atoms in total.